The maximum absolute atomic E-state index is 12.8. The summed E-state index contributed by atoms with van der Waals surface area (Å²) in [5, 5.41) is 10.3. The zero-order valence-electron chi connectivity index (χ0n) is 17.4. The van der Waals surface area contributed by atoms with Gasteiger partial charge in [-0.15, -0.1) is 0 Å². The van der Waals surface area contributed by atoms with Crippen LogP contribution in [-0.2, 0) is 19.1 Å². The third-order valence-corrected chi connectivity index (χ3v) is 9.87. The molecule has 0 amide bonds. The largest absolute Gasteiger partial charge is 0.458 e. The minimum absolute atomic E-state index is 0.0191. The number of epoxide rings is 1. The Labute approximate surface area is 167 Å². The summed E-state index contributed by atoms with van der Waals surface area (Å²) in [6.45, 7) is 6.04. The van der Waals surface area contributed by atoms with E-state index < -0.39 is 0 Å². The summed E-state index contributed by atoms with van der Waals surface area (Å²) < 4.78 is 11.4. The second-order valence-corrected chi connectivity index (χ2v) is 10.8. The molecular formula is C23H34O5. The van der Waals surface area contributed by atoms with Crippen LogP contribution in [0.25, 0.3) is 0 Å². The lowest BCUT2D eigenvalue weighted by Gasteiger charge is -2.59. The van der Waals surface area contributed by atoms with Crippen LogP contribution in [0.4, 0.5) is 0 Å². The van der Waals surface area contributed by atoms with Gasteiger partial charge in [-0.25, -0.2) is 0 Å². The number of fused-ring (bicyclic) bond motifs is 4. The maximum atomic E-state index is 12.8. The molecule has 5 nitrogen and oxygen atoms in total. The van der Waals surface area contributed by atoms with Gasteiger partial charge in [0.05, 0.1) is 12.2 Å². The van der Waals surface area contributed by atoms with Crippen LogP contribution in [0, 0.1) is 34.5 Å². The minimum atomic E-state index is -0.376. The highest BCUT2D eigenvalue weighted by molar-refractivity contribution is 5.85. The number of hydrogen-bond donors (Lipinski definition) is 1. The van der Waals surface area contributed by atoms with Crippen LogP contribution in [-0.4, -0.2) is 41.3 Å². The highest BCUT2D eigenvalue weighted by Gasteiger charge is 2.76. The molecule has 4 saturated carbocycles. The van der Waals surface area contributed by atoms with Gasteiger partial charge < -0.3 is 14.6 Å². The predicted octanol–water partition coefficient (Wildman–Crippen LogP) is 3.27. The van der Waals surface area contributed by atoms with Crippen molar-refractivity contribution in [1.82, 2.24) is 0 Å². The zero-order chi connectivity index (χ0) is 19.9. The quantitative estimate of drug-likeness (QED) is 0.591. The van der Waals surface area contributed by atoms with Crippen molar-refractivity contribution in [2.24, 2.45) is 34.5 Å². The normalized spacial score (nSPS) is 54.0. The molecule has 1 saturated heterocycles. The molecule has 0 aromatic heterocycles. The van der Waals surface area contributed by atoms with E-state index in [4.69, 9.17) is 9.47 Å². The first-order chi connectivity index (χ1) is 13.2. The Kier molecular flexibility index (Phi) is 4.11. The van der Waals surface area contributed by atoms with Crippen molar-refractivity contribution in [3.8, 4) is 0 Å². The van der Waals surface area contributed by atoms with Crippen LogP contribution >= 0.6 is 0 Å². The summed E-state index contributed by atoms with van der Waals surface area (Å²) in [5.74, 6) is 1.57. The molecule has 28 heavy (non-hydrogen) atoms. The summed E-state index contributed by atoms with van der Waals surface area (Å²) in [4.78, 5) is 24.0. The van der Waals surface area contributed by atoms with Crippen molar-refractivity contribution in [1.29, 1.82) is 0 Å². The lowest BCUT2D eigenvalue weighted by molar-refractivity contribution is -0.150. The van der Waals surface area contributed by atoms with Crippen molar-refractivity contribution in [3.05, 3.63) is 0 Å². The second-order valence-electron chi connectivity index (χ2n) is 10.8. The molecular weight excluding hydrogens is 356 g/mol. The smallest absolute Gasteiger partial charge is 0.303 e. The van der Waals surface area contributed by atoms with Gasteiger partial charge in [0.15, 0.2) is 5.78 Å². The molecule has 9 atom stereocenters. The van der Waals surface area contributed by atoms with Crippen LogP contribution in [0.1, 0.15) is 72.1 Å². The number of rotatable bonds is 3. The molecule has 0 aromatic carbocycles. The molecule has 5 rings (SSSR count). The molecule has 1 N–H and O–H groups in total. The van der Waals surface area contributed by atoms with Gasteiger partial charge in [0.25, 0.3) is 0 Å². The summed E-state index contributed by atoms with van der Waals surface area (Å²) >= 11 is 0. The van der Waals surface area contributed by atoms with E-state index in [1.807, 2.05) is 0 Å². The predicted molar refractivity (Wildman–Crippen MR) is 102 cm³/mol. The fourth-order valence-electron chi connectivity index (χ4n) is 8.46. The molecule has 1 spiro atoms. The Bertz CT molecular complexity index is 705. The van der Waals surface area contributed by atoms with Crippen molar-refractivity contribution in [3.63, 3.8) is 0 Å². The summed E-state index contributed by atoms with van der Waals surface area (Å²) in [7, 11) is 0. The second kappa shape index (κ2) is 6.04. The summed E-state index contributed by atoms with van der Waals surface area (Å²) in [5.41, 5.74) is 0.113. The van der Waals surface area contributed by atoms with Gasteiger partial charge >= 0.3 is 5.97 Å². The average molecular weight is 391 g/mol. The van der Waals surface area contributed by atoms with E-state index in [1.165, 1.54) is 6.92 Å². The topological polar surface area (TPSA) is 76.1 Å². The Hall–Kier alpha value is -0.940. The highest BCUT2D eigenvalue weighted by Crippen LogP contribution is 2.73. The molecule has 5 heteroatoms. The number of aliphatic hydroxyl groups excluding tert-OH is 1. The third-order valence-electron chi connectivity index (χ3n) is 9.87. The molecule has 0 bridgehead atoms. The van der Waals surface area contributed by atoms with E-state index >= 15 is 0 Å². The van der Waals surface area contributed by atoms with Gasteiger partial charge in [0.2, 0.25) is 0 Å². The first kappa shape index (κ1) is 19.0. The fraction of sp³-hybridized carbons (Fsp3) is 0.913. The van der Waals surface area contributed by atoms with E-state index in [1.54, 1.807) is 0 Å². The van der Waals surface area contributed by atoms with Crippen molar-refractivity contribution in [2.75, 3.05) is 6.61 Å². The van der Waals surface area contributed by atoms with E-state index in [2.05, 4.69) is 13.8 Å². The maximum Gasteiger partial charge on any atom is 0.303 e. The van der Waals surface area contributed by atoms with Gasteiger partial charge in [-0.05, 0) is 68.1 Å². The lowest BCUT2D eigenvalue weighted by atomic mass is 9.44. The highest BCUT2D eigenvalue weighted by atomic mass is 16.6. The number of aliphatic hydroxyl groups is 1. The molecule has 0 radical (unpaired) electrons. The van der Waals surface area contributed by atoms with Crippen molar-refractivity contribution < 1.29 is 24.2 Å². The van der Waals surface area contributed by atoms with Crippen molar-refractivity contribution in [2.45, 2.75) is 89.9 Å². The third kappa shape index (κ3) is 2.38. The number of esters is 1. The Morgan fingerprint density at radius 2 is 1.89 bits per heavy atom. The summed E-state index contributed by atoms with van der Waals surface area (Å²) in [6.07, 6.45) is 8.20. The number of carbonyl (C=O) groups excluding carboxylic acids is 2. The number of carbonyl (C=O) groups is 2. The number of Topliss-reactive ketones (excluding diaryl/α,β-unsaturated/α-hetero) is 1. The first-order valence-electron chi connectivity index (χ1n) is 11.2. The fourth-order valence-corrected chi connectivity index (χ4v) is 8.46. The molecule has 0 aromatic rings. The van der Waals surface area contributed by atoms with Gasteiger partial charge in [-0.3, -0.25) is 9.59 Å². The molecule has 5 aliphatic rings. The molecule has 156 valence electrons. The van der Waals surface area contributed by atoms with E-state index in [9.17, 15) is 14.7 Å². The standard InChI is InChI=1S/C23H34O5/c1-13(24)27-12-19(26)18-5-4-16-15-10-20-23(28-20)11-14(25)6-9-22(23,3)17(15)7-8-21(16,18)2/h14-18,20,25H,4-12H2,1-3H3/t14-,15+,16-,17-,18+,20+,21+,22-,23+/m1/s1. The van der Waals surface area contributed by atoms with Crippen molar-refractivity contribution >= 4 is 11.8 Å². The molecule has 0 unspecified atom stereocenters. The molecule has 4 aliphatic carbocycles. The van der Waals surface area contributed by atoms with Crippen LogP contribution in [0.2, 0.25) is 0 Å². The zero-order valence-corrected chi connectivity index (χ0v) is 17.4. The Morgan fingerprint density at radius 1 is 1.11 bits per heavy atom. The Balaban J connectivity index is 1.38. The van der Waals surface area contributed by atoms with E-state index in [0.717, 1.165) is 51.4 Å². The molecule has 5 fully saturated rings. The lowest BCUT2D eigenvalue weighted by Crippen LogP contribution is -2.58. The Morgan fingerprint density at radius 3 is 2.64 bits per heavy atom. The minimum Gasteiger partial charge on any atom is -0.458 e. The van der Waals surface area contributed by atoms with Gasteiger partial charge in [-0.1, -0.05) is 13.8 Å². The molecule has 1 aliphatic heterocycles. The van der Waals surface area contributed by atoms with Gasteiger partial charge in [-0.2, -0.15) is 0 Å². The first-order valence-corrected chi connectivity index (χ1v) is 11.2. The number of hydrogen-bond acceptors (Lipinski definition) is 5. The van der Waals surface area contributed by atoms with Gasteiger partial charge in [0.1, 0.15) is 12.2 Å². The van der Waals surface area contributed by atoms with Crippen LogP contribution in [0.3, 0.4) is 0 Å². The monoisotopic (exact) mass is 390 g/mol. The number of ketones is 1. The molecule has 1 heterocycles. The van der Waals surface area contributed by atoms with E-state index in [-0.39, 0.29) is 46.8 Å². The summed E-state index contributed by atoms with van der Waals surface area (Å²) in [6, 6.07) is 0. The SMILES string of the molecule is CC(=O)OCC(=O)[C@@H]1CC[C@@H]2[C@@H]3C[C@@H]4O[C@@]45C[C@H](O)CC[C@]5(C)[C@@H]3CC[C@@]21C. The van der Waals surface area contributed by atoms with Crippen LogP contribution in [0.5, 0.6) is 0 Å². The van der Waals surface area contributed by atoms with Crippen LogP contribution in [0.15, 0.2) is 0 Å². The number of ether oxygens (including phenoxy) is 2. The van der Waals surface area contributed by atoms with Crippen LogP contribution < -0.4 is 0 Å². The van der Waals surface area contributed by atoms with Gasteiger partial charge in [0, 0.05) is 24.7 Å². The average Bonchev–Trinajstić information content (AvgIpc) is 3.21. The van der Waals surface area contributed by atoms with E-state index in [0.29, 0.717) is 23.9 Å².